The van der Waals surface area contributed by atoms with Gasteiger partial charge in [-0.05, 0) is 24.6 Å². The third kappa shape index (κ3) is 3.96. The Bertz CT molecular complexity index is 1160. The minimum atomic E-state index is -0.874. The van der Waals surface area contributed by atoms with Crippen molar-refractivity contribution in [2.24, 2.45) is 7.05 Å². The third-order valence-electron chi connectivity index (χ3n) is 5.21. The molecule has 0 radical (unpaired) electrons. The highest BCUT2D eigenvalue weighted by atomic mass is 16.5. The standard InChI is InChI=1S/C20H26N6O4/c1-13-4-3-5-15(10-13)30-12-14(27)11-26-16-17(24(2)20(29)23-18(16)28)22-19(26)25-8-6-21-7-9-25/h3-5,10,14,21,27H,6-9,11-12H2,1-2H3,(H,23,28,29)/t14-/m0/s1. The Morgan fingerprint density at radius 3 is 2.77 bits per heavy atom. The van der Waals surface area contributed by atoms with Gasteiger partial charge in [0.25, 0.3) is 5.56 Å². The van der Waals surface area contributed by atoms with Gasteiger partial charge in [-0.1, -0.05) is 12.1 Å². The maximum atomic E-state index is 12.6. The number of imidazole rings is 1. The first kappa shape index (κ1) is 20.2. The molecule has 1 aliphatic rings. The number of nitrogens with zero attached hydrogens (tertiary/aromatic N) is 4. The van der Waals surface area contributed by atoms with Gasteiger partial charge in [0.2, 0.25) is 5.95 Å². The molecule has 3 N–H and O–H groups in total. The molecule has 30 heavy (non-hydrogen) atoms. The predicted molar refractivity (Wildman–Crippen MR) is 113 cm³/mol. The van der Waals surface area contributed by atoms with Crippen LogP contribution in [-0.2, 0) is 13.6 Å². The summed E-state index contributed by atoms with van der Waals surface area (Å²) in [6, 6.07) is 7.59. The molecule has 1 saturated heterocycles. The lowest BCUT2D eigenvalue weighted by atomic mass is 10.2. The molecule has 0 bridgehead atoms. The van der Waals surface area contributed by atoms with Gasteiger partial charge in [-0.15, -0.1) is 0 Å². The number of H-pyrrole nitrogens is 1. The van der Waals surface area contributed by atoms with Crippen molar-refractivity contribution in [2.75, 3.05) is 37.7 Å². The summed E-state index contributed by atoms with van der Waals surface area (Å²) in [5, 5.41) is 13.9. The maximum Gasteiger partial charge on any atom is 0.329 e. The molecule has 160 valence electrons. The number of aromatic amines is 1. The number of piperazine rings is 1. The second-order valence-corrected chi connectivity index (χ2v) is 7.53. The van der Waals surface area contributed by atoms with E-state index < -0.39 is 17.4 Å². The first-order chi connectivity index (χ1) is 14.4. The van der Waals surface area contributed by atoms with Gasteiger partial charge in [0.1, 0.15) is 18.5 Å². The fourth-order valence-electron chi connectivity index (χ4n) is 3.66. The summed E-state index contributed by atoms with van der Waals surface area (Å²) in [6.45, 7) is 5.15. The highest BCUT2D eigenvalue weighted by Crippen LogP contribution is 2.21. The summed E-state index contributed by atoms with van der Waals surface area (Å²) in [4.78, 5) is 33.6. The first-order valence-corrected chi connectivity index (χ1v) is 9.97. The van der Waals surface area contributed by atoms with Crippen LogP contribution in [0.15, 0.2) is 33.9 Å². The van der Waals surface area contributed by atoms with E-state index in [-0.39, 0.29) is 18.7 Å². The molecule has 0 spiro atoms. The number of hydrogen-bond donors (Lipinski definition) is 3. The van der Waals surface area contributed by atoms with E-state index in [1.165, 1.54) is 4.57 Å². The first-order valence-electron chi connectivity index (χ1n) is 9.97. The van der Waals surface area contributed by atoms with Crippen molar-refractivity contribution < 1.29 is 9.84 Å². The molecule has 10 heteroatoms. The van der Waals surface area contributed by atoms with Crippen LogP contribution in [0, 0.1) is 6.92 Å². The fraction of sp³-hybridized carbons (Fsp3) is 0.450. The smallest absolute Gasteiger partial charge is 0.329 e. The number of ether oxygens (including phenoxy) is 1. The molecule has 1 atom stereocenters. The highest BCUT2D eigenvalue weighted by Gasteiger charge is 2.24. The SMILES string of the molecule is Cc1cccc(OC[C@@H](O)Cn2c(N3CCNCC3)nc3c2c(=O)[nH]c(=O)n3C)c1. The van der Waals surface area contributed by atoms with Crippen molar-refractivity contribution in [3.63, 3.8) is 0 Å². The average molecular weight is 414 g/mol. The summed E-state index contributed by atoms with van der Waals surface area (Å²) < 4.78 is 8.72. The normalized spacial score (nSPS) is 15.5. The molecule has 1 fully saturated rings. The van der Waals surface area contributed by atoms with Gasteiger partial charge >= 0.3 is 5.69 Å². The van der Waals surface area contributed by atoms with Crippen molar-refractivity contribution in [3.05, 3.63) is 50.7 Å². The van der Waals surface area contributed by atoms with E-state index in [2.05, 4.69) is 20.2 Å². The zero-order chi connectivity index (χ0) is 21.3. The Labute approximate surface area is 172 Å². The van der Waals surface area contributed by atoms with Gasteiger partial charge in [-0.2, -0.15) is 4.98 Å². The molecule has 0 saturated carbocycles. The molecular formula is C20H26N6O4. The van der Waals surface area contributed by atoms with Crippen LogP contribution in [0.5, 0.6) is 5.75 Å². The number of benzene rings is 1. The van der Waals surface area contributed by atoms with Crippen LogP contribution in [0.1, 0.15) is 5.56 Å². The Morgan fingerprint density at radius 1 is 1.27 bits per heavy atom. The molecule has 1 aliphatic heterocycles. The van der Waals surface area contributed by atoms with Crippen LogP contribution in [-0.4, -0.2) is 63.1 Å². The lowest BCUT2D eigenvalue weighted by Crippen LogP contribution is -2.45. The quantitative estimate of drug-likeness (QED) is 0.502. The van der Waals surface area contributed by atoms with Crippen molar-refractivity contribution in [2.45, 2.75) is 19.6 Å². The van der Waals surface area contributed by atoms with Gasteiger partial charge in [0, 0.05) is 33.2 Å². The number of hydrogen-bond acceptors (Lipinski definition) is 7. The topological polar surface area (TPSA) is 117 Å². The van der Waals surface area contributed by atoms with Gasteiger partial charge in [0.15, 0.2) is 11.2 Å². The van der Waals surface area contributed by atoms with Gasteiger partial charge in [0.05, 0.1) is 6.54 Å². The van der Waals surface area contributed by atoms with Crippen LogP contribution < -0.4 is 26.2 Å². The van der Waals surface area contributed by atoms with E-state index in [9.17, 15) is 14.7 Å². The number of anilines is 1. The monoisotopic (exact) mass is 414 g/mol. The predicted octanol–water partition coefficient (Wildman–Crippen LogP) is -0.419. The van der Waals surface area contributed by atoms with Crippen molar-refractivity contribution in [1.82, 2.24) is 24.4 Å². The third-order valence-corrected chi connectivity index (χ3v) is 5.21. The van der Waals surface area contributed by atoms with E-state index in [0.29, 0.717) is 30.4 Å². The molecule has 0 amide bonds. The summed E-state index contributed by atoms with van der Waals surface area (Å²) in [7, 11) is 1.57. The van der Waals surface area contributed by atoms with Crippen LogP contribution in [0.4, 0.5) is 5.95 Å². The molecule has 0 aliphatic carbocycles. The van der Waals surface area contributed by atoms with Crippen LogP contribution in [0.25, 0.3) is 11.2 Å². The van der Waals surface area contributed by atoms with Crippen molar-refractivity contribution in [1.29, 1.82) is 0 Å². The van der Waals surface area contributed by atoms with Gasteiger partial charge in [-0.25, -0.2) is 4.79 Å². The van der Waals surface area contributed by atoms with Crippen LogP contribution >= 0.6 is 0 Å². The summed E-state index contributed by atoms with van der Waals surface area (Å²) in [5.74, 6) is 1.24. The molecule has 4 rings (SSSR count). The van der Waals surface area contributed by atoms with Gasteiger partial charge in [-0.3, -0.25) is 14.3 Å². The lowest BCUT2D eigenvalue weighted by Gasteiger charge is -2.29. The van der Waals surface area contributed by atoms with Crippen molar-refractivity contribution >= 4 is 17.1 Å². The van der Waals surface area contributed by atoms with E-state index in [1.54, 1.807) is 11.6 Å². The van der Waals surface area contributed by atoms with Crippen LogP contribution in [0.3, 0.4) is 0 Å². The van der Waals surface area contributed by atoms with E-state index in [1.807, 2.05) is 31.2 Å². The number of rotatable bonds is 6. The fourth-order valence-corrected chi connectivity index (χ4v) is 3.66. The minimum absolute atomic E-state index is 0.0633. The Kier molecular flexibility index (Phi) is 5.60. The minimum Gasteiger partial charge on any atom is -0.491 e. The lowest BCUT2D eigenvalue weighted by molar-refractivity contribution is 0.0936. The van der Waals surface area contributed by atoms with E-state index in [4.69, 9.17) is 4.74 Å². The molecule has 2 aromatic heterocycles. The maximum absolute atomic E-state index is 12.6. The summed E-state index contributed by atoms with van der Waals surface area (Å²) in [5.41, 5.74) is 0.585. The van der Waals surface area contributed by atoms with Crippen LogP contribution in [0.2, 0.25) is 0 Å². The second-order valence-electron chi connectivity index (χ2n) is 7.53. The Morgan fingerprint density at radius 2 is 2.03 bits per heavy atom. The summed E-state index contributed by atoms with van der Waals surface area (Å²) in [6.07, 6.45) is -0.874. The molecule has 3 heterocycles. The zero-order valence-electron chi connectivity index (χ0n) is 17.1. The van der Waals surface area contributed by atoms with Gasteiger partial charge < -0.3 is 24.6 Å². The molecule has 0 unspecified atom stereocenters. The largest absolute Gasteiger partial charge is 0.491 e. The molecule has 3 aromatic rings. The van der Waals surface area contributed by atoms with E-state index >= 15 is 0 Å². The number of fused-ring (bicyclic) bond motifs is 1. The highest BCUT2D eigenvalue weighted by molar-refractivity contribution is 5.74. The molecule has 10 nitrogen and oxygen atoms in total. The zero-order valence-corrected chi connectivity index (χ0v) is 17.1. The number of aliphatic hydroxyl groups excluding tert-OH is 1. The number of aromatic nitrogens is 4. The Hall–Kier alpha value is -3.11. The van der Waals surface area contributed by atoms with E-state index in [0.717, 1.165) is 18.7 Å². The summed E-state index contributed by atoms with van der Waals surface area (Å²) >= 11 is 0. The number of aliphatic hydroxyl groups is 1. The second kappa shape index (κ2) is 8.33. The van der Waals surface area contributed by atoms with Crippen molar-refractivity contribution in [3.8, 4) is 5.75 Å². The number of nitrogens with one attached hydrogen (secondary N) is 2. The molecular weight excluding hydrogens is 388 g/mol. The Balaban J connectivity index is 1.66. The molecule has 1 aromatic carbocycles. The average Bonchev–Trinajstić information content (AvgIpc) is 3.11. The number of aryl methyl sites for hydroxylation is 2.